The molecule has 0 spiro atoms. The molecule has 1 heterocycles. The van der Waals surface area contributed by atoms with Gasteiger partial charge in [-0.3, -0.25) is 9.59 Å². The third-order valence-corrected chi connectivity index (χ3v) is 6.32. The van der Waals surface area contributed by atoms with E-state index >= 15 is 0 Å². The van der Waals surface area contributed by atoms with Gasteiger partial charge in [0.15, 0.2) is 5.60 Å². The van der Waals surface area contributed by atoms with Crippen molar-refractivity contribution in [3.05, 3.63) is 53.3 Å². The van der Waals surface area contributed by atoms with E-state index in [9.17, 15) is 14.0 Å². The number of likely N-dealkylation sites (tertiary alicyclic amines) is 1. The van der Waals surface area contributed by atoms with E-state index in [-0.39, 0.29) is 17.7 Å². The predicted octanol–water partition coefficient (Wildman–Crippen LogP) is 5.57. The number of aryl methyl sites for hydroxylation is 2. The molecule has 1 aliphatic rings. The molecule has 0 saturated carbocycles. The first-order chi connectivity index (χ1) is 18.2. The lowest BCUT2D eigenvalue weighted by molar-refractivity contribution is -0.142. The van der Waals surface area contributed by atoms with E-state index in [0.717, 1.165) is 42.5 Å². The first-order valence-corrected chi connectivity index (χ1v) is 13.2. The summed E-state index contributed by atoms with van der Waals surface area (Å²) in [5, 5.41) is 8.58. The number of halogens is 1. The van der Waals surface area contributed by atoms with Gasteiger partial charge in [0.25, 0.3) is 5.91 Å². The van der Waals surface area contributed by atoms with Crippen LogP contribution in [0.25, 0.3) is 11.1 Å². The van der Waals surface area contributed by atoms with Gasteiger partial charge in [0.2, 0.25) is 0 Å². The Hall–Kier alpha value is -3.28. The highest BCUT2D eigenvalue weighted by Gasteiger charge is 2.38. The molecule has 0 aliphatic carbocycles. The Labute approximate surface area is 226 Å². The quantitative estimate of drug-likeness (QED) is 0.373. The number of esters is 1. The molecule has 1 fully saturated rings. The standard InChI is InChI=1S/C19H18FNO2.C9H18N2O2.C2H6/c1-3-19(22)23-18-9-8-15(11-13(18)2)16-7-6-14(5-4-10-21)17(20)12-16;1-11-6-4-3-5-9(7-11,13-2)8(10)12;1-2/h6-9,11-12H,3-5H2,1-2H3;3-7H2,1-2H3,(H2,10,12);1-2H3. The van der Waals surface area contributed by atoms with Crippen LogP contribution in [0.15, 0.2) is 36.4 Å². The topological polar surface area (TPSA) is 106 Å². The number of hydrogen-bond acceptors (Lipinski definition) is 6. The van der Waals surface area contributed by atoms with Gasteiger partial charge in [-0.05, 0) is 86.7 Å². The molecule has 2 aromatic rings. The average Bonchev–Trinajstić information content (AvgIpc) is 3.12. The Kier molecular flexibility index (Phi) is 14.3. The summed E-state index contributed by atoms with van der Waals surface area (Å²) in [5.41, 5.74) is 7.56. The molecule has 2 aromatic carbocycles. The highest BCUT2D eigenvalue weighted by atomic mass is 19.1. The van der Waals surface area contributed by atoms with Crippen molar-refractivity contribution < 1.29 is 23.5 Å². The number of benzene rings is 2. The molecule has 0 bridgehead atoms. The highest BCUT2D eigenvalue weighted by Crippen LogP contribution is 2.28. The molecule has 8 heteroatoms. The summed E-state index contributed by atoms with van der Waals surface area (Å²) in [4.78, 5) is 24.7. The predicted molar refractivity (Wildman–Crippen MR) is 148 cm³/mol. The Morgan fingerprint density at radius 2 is 1.82 bits per heavy atom. The molecule has 0 aromatic heterocycles. The van der Waals surface area contributed by atoms with Crippen LogP contribution in [0.5, 0.6) is 5.75 Å². The molecule has 38 heavy (non-hydrogen) atoms. The zero-order chi connectivity index (χ0) is 28.7. The van der Waals surface area contributed by atoms with Crippen LogP contribution in [0.1, 0.15) is 64.0 Å². The average molecular weight is 528 g/mol. The van der Waals surface area contributed by atoms with Gasteiger partial charge in [-0.25, -0.2) is 4.39 Å². The minimum Gasteiger partial charge on any atom is -0.426 e. The zero-order valence-electron chi connectivity index (χ0n) is 23.6. The minimum absolute atomic E-state index is 0.284. The van der Waals surface area contributed by atoms with Crippen LogP contribution in [0, 0.1) is 24.1 Å². The summed E-state index contributed by atoms with van der Waals surface area (Å²) in [5.74, 6) is -0.416. The maximum Gasteiger partial charge on any atom is 0.310 e. The van der Waals surface area contributed by atoms with Gasteiger partial charge in [0.05, 0.1) is 6.07 Å². The second kappa shape index (κ2) is 16.5. The van der Waals surface area contributed by atoms with Crippen molar-refractivity contribution in [3.63, 3.8) is 0 Å². The summed E-state index contributed by atoms with van der Waals surface area (Å²) in [7, 11) is 3.55. The molecular weight excluding hydrogens is 485 g/mol. The van der Waals surface area contributed by atoms with E-state index < -0.39 is 5.60 Å². The summed E-state index contributed by atoms with van der Waals surface area (Å²) in [6.45, 7) is 9.21. The second-order valence-corrected chi connectivity index (χ2v) is 9.03. The van der Waals surface area contributed by atoms with E-state index in [2.05, 4.69) is 4.90 Å². The lowest BCUT2D eigenvalue weighted by Crippen LogP contribution is -2.51. The molecule has 208 valence electrons. The van der Waals surface area contributed by atoms with Crippen LogP contribution in [-0.4, -0.2) is 49.6 Å². The van der Waals surface area contributed by atoms with Crippen LogP contribution in [-0.2, 0) is 20.7 Å². The Morgan fingerprint density at radius 1 is 1.16 bits per heavy atom. The number of carbonyl (C=O) groups excluding carboxylic acids is 2. The van der Waals surface area contributed by atoms with Gasteiger partial charge < -0.3 is 20.1 Å². The first-order valence-electron chi connectivity index (χ1n) is 13.2. The van der Waals surface area contributed by atoms with Crippen molar-refractivity contribution in [2.24, 2.45) is 5.73 Å². The van der Waals surface area contributed by atoms with Crippen LogP contribution >= 0.6 is 0 Å². The molecule has 1 atom stereocenters. The maximum atomic E-state index is 14.1. The van der Waals surface area contributed by atoms with Crippen molar-refractivity contribution in [2.45, 2.75) is 71.8 Å². The third kappa shape index (κ3) is 9.55. The molecule has 7 nitrogen and oxygen atoms in total. The monoisotopic (exact) mass is 527 g/mol. The normalized spacial score (nSPS) is 17.0. The van der Waals surface area contributed by atoms with Gasteiger partial charge in [-0.15, -0.1) is 0 Å². The van der Waals surface area contributed by atoms with Crippen molar-refractivity contribution in [3.8, 4) is 22.9 Å². The van der Waals surface area contributed by atoms with E-state index in [0.29, 0.717) is 37.1 Å². The number of amides is 1. The second-order valence-electron chi connectivity index (χ2n) is 9.03. The fourth-order valence-corrected chi connectivity index (χ4v) is 4.11. The molecule has 1 amide bonds. The zero-order valence-corrected chi connectivity index (χ0v) is 23.6. The maximum absolute atomic E-state index is 14.1. The fourth-order valence-electron chi connectivity index (χ4n) is 4.11. The summed E-state index contributed by atoms with van der Waals surface area (Å²) in [6, 6.07) is 12.4. The number of carbonyl (C=O) groups is 2. The number of rotatable bonds is 7. The van der Waals surface area contributed by atoms with Gasteiger partial charge in [0, 0.05) is 26.5 Å². The number of likely N-dealkylation sites (N-methyl/N-ethyl adjacent to an activating group) is 1. The molecule has 1 saturated heterocycles. The minimum atomic E-state index is -0.759. The van der Waals surface area contributed by atoms with Gasteiger partial charge in [-0.2, -0.15) is 5.26 Å². The van der Waals surface area contributed by atoms with E-state index in [1.54, 1.807) is 32.2 Å². The molecule has 0 radical (unpaired) electrons. The molecule has 1 aliphatic heterocycles. The Morgan fingerprint density at radius 3 is 2.37 bits per heavy atom. The summed E-state index contributed by atoms with van der Waals surface area (Å²) in [6.07, 6.45) is 3.87. The Bertz CT molecular complexity index is 1100. The van der Waals surface area contributed by atoms with Gasteiger partial charge in [-0.1, -0.05) is 39.0 Å². The number of nitriles is 1. The number of nitrogens with zero attached hydrogens (tertiary/aromatic N) is 2. The summed E-state index contributed by atoms with van der Waals surface area (Å²) < 4.78 is 24.6. The van der Waals surface area contributed by atoms with Crippen LogP contribution in [0.4, 0.5) is 4.39 Å². The molecule has 1 unspecified atom stereocenters. The van der Waals surface area contributed by atoms with E-state index in [1.807, 2.05) is 46.0 Å². The van der Waals surface area contributed by atoms with Crippen molar-refractivity contribution in [1.82, 2.24) is 4.90 Å². The van der Waals surface area contributed by atoms with Crippen molar-refractivity contribution in [1.29, 1.82) is 5.26 Å². The highest BCUT2D eigenvalue weighted by molar-refractivity contribution is 5.83. The molecule has 2 N–H and O–H groups in total. The molecule has 3 rings (SSSR count). The van der Waals surface area contributed by atoms with Crippen molar-refractivity contribution in [2.75, 3.05) is 27.2 Å². The van der Waals surface area contributed by atoms with Crippen LogP contribution in [0.3, 0.4) is 0 Å². The number of nitrogens with two attached hydrogens (primary N) is 1. The largest absolute Gasteiger partial charge is 0.426 e. The number of ether oxygens (including phenoxy) is 2. The number of primary amides is 1. The third-order valence-electron chi connectivity index (χ3n) is 6.32. The fraction of sp³-hybridized carbons (Fsp3) is 0.500. The SMILES string of the molecule is CC.CCC(=O)Oc1ccc(-c2ccc(CCC#N)c(F)c2)cc1C.COC1(C(N)=O)CCCCN(C)C1. The van der Waals surface area contributed by atoms with Crippen LogP contribution in [0.2, 0.25) is 0 Å². The lowest BCUT2D eigenvalue weighted by atomic mass is 9.97. The lowest BCUT2D eigenvalue weighted by Gasteiger charge is -2.30. The van der Waals surface area contributed by atoms with E-state index in [4.69, 9.17) is 20.5 Å². The van der Waals surface area contributed by atoms with E-state index in [1.165, 1.54) is 6.07 Å². The van der Waals surface area contributed by atoms with Gasteiger partial charge >= 0.3 is 5.97 Å². The van der Waals surface area contributed by atoms with Gasteiger partial charge in [0.1, 0.15) is 11.6 Å². The van der Waals surface area contributed by atoms with Crippen LogP contribution < -0.4 is 10.5 Å². The summed E-state index contributed by atoms with van der Waals surface area (Å²) >= 11 is 0. The smallest absolute Gasteiger partial charge is 0.310 e. The number of hydrogen-bond donors (Lipinski definition) is 1. The first kappa shape index (κ1) is 32.7. The molecular formula is C30H42FN3O4. The Balaban J connectivity index is 0.000000408. The van der Waals surface area contributed by atoms with Crippen molar-refractivity contribution >= 4 is 11.9 Å². The number of methoxy groups -OCH3 is 1.